The zero-order chi connectivity index (χ0) is 13.8. The van der Waals surface area contributed by atoms with Crippen LogP contribution in [0.25, 0.3) is 0 Å². The fourth-order valence-corrected chi connectivity index (χ4v) is 4.32. The van der Waals surface area contributed by atoms with Gasteiger partial charge in [-0.05, 0) is 50.7 Å². The molecule has 1 aromatic heterocycles. The van der Waals surface area contributed by atoms with E-state index in [-0.39, 0.29) is 0 Å². The van der Waals surface area contributed by atoms with Crippen molar-refractivity contribution < 1.29 is 0 Å². The average molecular weight is 293 g/mol. The first-order valence-electron chi connectivity index (χ1n) is 8.00. The molecule has 3 nitrogen and oxygen atoms in total. The van der Waals surface area contributed by atoms with E-state index in [0.29, 0.717) is 0 Å². The Morgan fingerprint density at radius 3 is 3.00 bits per heavy atom. The summed E-state index contributed by atoms with van der Waals surface area (Å²) in [6.07, 6.45) is 5.37. The van der Waals surface area contributed by atoms with Crippen LogP contribution in [0.5, 0.6) is 0 Å². The molecule has 2 aliphatic heterocycles. The minimum absolute atomic E-state index is 0.814. The molecule has 0 radical (unpaired) electrons. The number of hydrogen-bond donors (Lipinski definition) is 1. The summed E-state index contributed by atoms with van der Waals surface area (Å²) in [4.78, 5) is 6.79. The standard InChI is InChI=1S/C16H27N3S/c1-18-14-4-5-15(18)13-19(10-7-14)11-9-17-8-6-16-3-2-12-20-16/h2-3,12,14-15,17H,4-11,13H2,1H3. The van der Waals surface area contributed by atoms with Gasteiger partial charge in [-0.3, -0.25) is 4.90 Å². The molecule has 1 aromatic rings. The van der Waals surface area contributed by atoms with Crippen LogP contribution >= 0.6 is 11.3 Å². The van der Waals surface area contributed by atoms with E-state index in [2.05, 4.69) is 39.7 Å². The average Bonchev–Trinajstić information content (AvgIpc) is 3.01. The van der Waals surface area contributed by atoms with Gasteiger partial charge >= 0.3 is 0 Å². The Hall–Kier alpha value is -0.420. The molecule has 2 atom stereocenters. The third-order valence-electron chi connectivity index (χ3n) is 4.97. The Kier molecular flexibility index (Phi) is 5.10. The molecule has 1 N–H and O–H groups in total. The molecule has 2 fully saturated rings. The highest BCUT2D eigenvalue weighted by Crippen LogP contribution is 2.28. The van der Waals surface area contributed by atoms with Crippen LogP contribution in [0.2, 0.25) is 0 Å². The fraction of sp³-hybridized carbons (Fsp3) is 0.750. The van der Waals surface area contributed by atoms with Crippen molar-refractivity contribution >= 4 is 11.3 Å². The molecule has 2 bridgehead atoms. The molecule has 0 aromatic carbocycles. The maximum atomic E-state index is 3.60. The van der Waals surface area contributed by atoms with Gasteiger partial charge in [-0.25, -0.2) is 0 Å². The second kappa shape index (κ2) is 7.03. The normalized spacial score (nSPS) is 27.9. The lowest BCUT2D eigenvalue weighted by Crippen LogP contribution is -2.39. The van der Waals surface area contributed by atoms with Crippen molar-refractivity contribution in [3.05, 3.63) is 22.4 Å². The largest absolute Gasteiger partial charge is 0.315 e. The minimum atomic E-state index is 0.814. The maximum Gasteiger partial charge on any atom is 0.0223 e. The van der Waals surface area contributed by atoms with Crippen LogP contribution in [0.1, 0.15) is 24.1 Å². The molecule has 0 aliphatic carbocycles. The van der Waals surface area contributed by atoms with E-state index < -0.39 is 0 Å². The summed E-state index contributed by atoms with van der Waals surface area (Å²) in [5.74, 6) is 0. The van der Waals surface area contributed by atoms with Crippen molar-refractivity contribution in [2.45, 2.75) is 37.8 Å². The van der Waals surface area contributed by atoms with Gasteiger partial charge in [-0.15, -0.1) is 11.3 Å². The van der Waals surface area contributed by atoms with Gasteiger partial charge in [-0.2, -0.15) is 0 Å². The monoisotopic (exact) mass is 293 g/mol. The van der Waals surface area contributed by atoms with Crippen LogP contribution in [-0.4, -0.2) is 61.7 Å². The number of nitrogens with zero attached hydrogens (tertiary/aromatic N) is 2. The molecule has 4 heteroatoms. The van der Waals surface area contributed by atoms with Crippen LogP contribution < -0.4 is 5.32 Å². The zero-order valence-electron chi connectivity index (χ0n) is 12.6. The SMILES string of the molecule is CN1C2CCC1CN(CCNCCc1cccs1)CC2. The molecular weight excluding hydrogens is 266 g/mol. The summed E-state index contributed by atoms with van der Waals surface area (Å²) in [6.45, 7) is 6.02. The lowest BCUT2D eigenvalue weighted by molar-refractivity contribution is 0.219. The molecule has 0 saturated carbocycles. The van der Waals surface area contributed by atoms with Crippen LogP contribution in [0.3, 0.4) is 0 Å². The second-order valence-corrected chi connectivity index (χ2v) is 7.25. The van der Waals surface area contributed by atoms with Crippen molar-refractivity contribution in [3.8, 4) is 0 Å². The van der Waals surface area contributed by atoms with E-state index in [1.807, 2.05) is 11.3 Å². The number of likely N-dealkylation sites (N-methyl/N-ethyl adjacent to an activating group) is 1. The number of thiophene rings is 1. The van der Waals surface area contributed by atoms with Gasteiger partial charge < -0.3 is 10.2 Å². The zero-order valence-corrected chi connectivity index (χ0v) is 13.4. The second-order valence-electron chi connectivity index (χ2n) is 6.22. The van der Waals surface area contributed by atoms with Crippen molar-refractivity contribution in [1.82, 2.24) is 15.1 Å². The van der Waals surface area contributed by atoms with E-state index in [1.165, 1.54) is 50.2 Å². The van der Waals surface area contributed by atoms with Crippen LogP contribution in [0, 0.1) is 0 Å². The van der Waals surface area contributed by atoms with E-state index in [1.54, 1.807) is 0 Å². The summed E-state index contributed by atoms with van der Waals surface area (Å²) in [5, 5.41) is 5.76. The topological polar surface area (TPSA) is 18.5 Å². The van der Waals surface area contributed by atoms with Gasteiger partial charge in [0.2, 0.25) is 0 Å². The first-order valence-corrected chi connectivity index (χ1v) is 8.88. The molecular formula is C16H27N3S. The smallest absolute Gasteiger partial charge is 0.0223 e. The number of rotatable bonds is 6. The molecule has 2 saturated heterocycles. The predicted molar refractivity (Wildman–Crippen MR) is 86.5 cm³/mol. The summed E-state index contributed by atoms with van der Waals surface area (Å²) < 4.78 is 0. The molecule has 2 aliphatic rings. The number of hydrogen-bond acceptors (Lipinski definition) is 4. The summed E-state index contributed by atoms with van der Waals surface area (Å²) in [5.41, 5.74) is 0. The van der Waals surface area contributed by atoms with Gasteiger partial charge in [0, 0.05) is 43.1 Å². The molecule has 0 amide bonds. The number of nitrogens with one attached hydrogen (secondary N) is 1. The summed E-state index contributed by atoms with van der Waals surface area (Å²) in [6, 6.07) is 6.04. The molecule has 20 heavy (non-hydrogen) atoms. The number of likely N-dealkylation sites (tertiary alicyclic amines) is 1. The van der Waals surface area contributed by atoms with Crippen molar-refractivity contribution in [2.75, 3.05) is 39.8 Å². The highest BCUT2D eigenvalue weighted by Gasteiger charge is 2.34. The van der Waals surface area contributed by atoms with Gasteiger partial charge in [-0.1, -0.05) is 6.07 Å². The van der Waals surface area contributed by atoms with Crippen LogP contribution in [-0.2, 0) is 6.42 Å². The van der Waals surface area contributed by atoms with Gasteiger partial charge in [0.15, 0.2) is 0 Å². The Bertz CT molecular complexity index is 392. The number of fused-ring (bicyclic) bond motifs is 2. The van der Waals surface area contributed by atoms with Crippen molar-refractivity contribution in [3.63, 3.8) is 0 Å². The quantitative estimate of drug-likeness (QED) is 0.810. The highest BCUT2D eigenvalue weighted by molar-refractivity contribution is 7.09. The summed E-state index contributed by atoms with van der Waals surface area (Å²) in [7, 11) is 2.32. The molecule has 3 rings (SSSR count). The van der Waals surface area contributed by atoms with E-state index in [9.17, 15) is 0 Å². The van der Waals surface area contributed by atoms with E-state index in [0.717, 1.165) is 25.2 Å². The Balaban J connectivity index is 1.32. The highest BCUT2D eigenvalue weighted by atomic mass is 32.1. The van der Waals surface area contributed by atoms with E-state index in [4.69, 9.17) is 0 Å². The molecule has 3 heterocycles. The van der Waals surface area contributed by atoms with Crippen LogP contribution in [0.15, 0.2) is 17.5 Å². The Labute approximate surface area is 127 Å². The Morgan fingerprint density at radius 2 is 2.15 bits per heavy atom. The van der Waals surface area contributed by atoms with Gasteiger partial charge in [0.1, 0.15) is 0 Å². The first-order chi connectivity index (χ1) is 9.83. The lowest BCUT2D eigenvalue weighted by atomic mass is 10.1. The predicted octanol–water partition coefficient (Wildman–Crippen LogP) is 2.05. The lowest BCUT2D eigenvalue weighted by Gasteiger charge is -2.25. The molecule has 112 valence electrons. The minimum Gasteiger partial charge on any atom is -0.315 e. The fourth-order valence-electron chi connectivity index (χ4n) is 3.61. The van der Waals surface area contributed by atoms with E-state index >= 15 is 0 Å². The third kappa shape index (κ3) is 3.61. The van der Waals surface area contributed by atoms with Crippen molar-refractivity contribution in [1.29, 1.82) is 0 Å². The Morgan fingerprint density at radius 1 is 1.25 bits per heavy atom. The molecule has 0 spiro atoms. The first kappa shape index (κ1) is 14.5. The van der Waals surface area contributed by atoms with Gasteiger partial charge in [0.05, 0.1) is 0 Å². The van der Waals surface area contributed by atoms with Crippen molar-refractivity contribution in [2.24, 2.45) is 0 Å². The summed E-state index contributed by atoms with van der Waals surface area (Å²) >= 11 is 1.86. The molecule has 2 unspecified atom stereocenters. The third-order valence-corrected chi connectivity index (χ3v) is 5.90. The van der Waals surface area contributed by atoms with Gasteiger partial charge in [0.25, 0.3) is 0 Å². The maximum absolute atomic E-state index is 3.60. The van der Waals surface area contributed by atoms with Crippen LogP contribution in [0.4, 0.5) is 0 Å².